The molecule has 3 unspecified atom stereocenters. The number of anilines is 1. The van der Waals surface area contributed by atoms with Gasteiger partial charge in [-0.1, -0.05) is 6.42 Å². The maximum absolute atomic E-state index is 11.3. The summed E-state index contributed by atoms with van der Waals surface area (Å²) in [7, 11) is 3.53. The fraction of sp³-hybridized carbons (Fsp3) is 0.733. The van der Waals surface area contributed by atoms with Crippen molar-refractivity contribution < 1.29 is 9.53 Å². The predicted molar refractivity (Wildman–Crippen MR) is 80.0 cm³/mol. The molecule has 2 saturated carbocycles. The van der Waals surface area contributed by atoms with Crippen LogP contribution in [0.2, 0.25) is 0 Å². The van der Waals surface area contributed by atoms with E-state index < -0.39 is 0 Å². The van der Waals surface area contributed by atoms with E-state index in [4.69, 9.17) is 0 Å². The molecule has 4 nitrogen and oxygen atoms in total. The molecule has 110 valence electrons. The van der Waals surface area contributed by atoms with Crippen LogP contribution in [0.1, 0.15) is 31.4 Å². The summed E-state index contributed by atoms with van der Waals surface area (Å²) >= 11 is 1.62. The van der Waals surface area contributed by atoms with E-state index in [-0.39, 0.29) is 12.4 Å². The molecule has 5 heteroatoms. The third-order valence-corrected chi connectivity index (χ3v) is 5.82. The maximum Gasteiger partial charge on any atom is 0.311 e. The lowest BCUT2D eigenvalue weighted by molar-refractivity contribution is -0.139. The number of hydrogen-bond acceptors (Lipinski definition) is 5. The number of rotatable bonds is 5. The summed E-state index contributed by atoms with van der Waals surface area (Å²) < 4.78 is 4.68. The highest BCUT2D eigenvalue weighted by Crippen LogP contribution is 2.48. The summed E-state index contributed by atoms with van der Waals surface area (Å²) in [5.41, 5.74) is 0.816. The van der Waals surface area contributed by atoms with Crippen molar-refractivity contribution in [1.29, 1.82) is 0 Å². The van der Waals surface area contributed by atoms with Crippen molar-refractivity contribution in [1.82, 2.24) is 4.98 Å². The van der Waals surface area contributed by atoms with Crippen LogP contribution in [-0.2, 0) is 16.0 Å². The number of ether oxygens (including phenoxy) is 1. The van der Waals surface area contributed by atoms with E-state index in [2.05, 4.69) is 21.7 Å². The number of carbonyl (C=O) groups excluding carboxylic acids is 1. The van der Waals surface area contributed by atoms with Crippen LogP contribution in [0.3, 0.4) is 0 Å². The molecule has 3 rings (SSSR count). The van der Waals surface area contributed by atoms with Gasteiger partial charge in [0.15, 0.2) is 5.13 Å². The van der Waals surface area contributed by atoms with E-state index in [1.807, 2.05) is 5.38 Å². The van der Waals surface area contributed by atoms with Gasteiger partial charge in [0.2, 0.25) is 0 Å². The number of nitrogens with zero attached hydrogens (tertiary/aromatic N) is 2. The summed E-state index contributed by atoms with van der Waals surface area (Å²) in [5.74, 6) is 2.55. The second-order valence-electron chi connectivity index (χ2n) is 6.19. The second-order valence-corrected chi connectivity index (χ2v) is 7.03. The average molecular weight is 294 g/mol. The molecule has 0 N–H and O–H groups in total. The lowest BCUT2D eigenvalue weighted by Crippen LogP contribution is -2.28. The van der Waals surface area contributed by atoms with Gasteiger partial charge in [0.1, 0.15) is 0 Å². The molecule has 1 heterocycles. The molecule has 0 radical (unpaired) electrons. The van der Waals surface area contributed by atoms with Crippen molar-refractivity contribution in [2.45, 2.75) is 32.1 Å². The minimum absolute atomic E-state index is 0.224. The summed E-state index contributed by atoms with van der Waals surface area (Å²) in [6.07, 6.45) is 5.99. The third-order valence-electron chi connectivity index (χ3n) is 4.81. The van der Waals surface area contributed by atoms with Gasteiger partial charge in [-0.25, -0.2) is 4.98 Å². The van der Waals surface area contributed by atoms with Gasteiger partial charge >= 0.3 is 5.97 Å². The summed E-state index contributed by atoms with van der Waals surface area (Å²) in [5, 5.41) is 2.98. The monoisotopic (exact) mass is 294 g/mol. The lowest BCUT2D eigenvalue weighted by Gasteiger charge is -2.26. The van der Waals surface area contributed by atoms with E-state index in [9.17, 15) is 4.79 Å². The Morgan fingerprint density at radius 2 is 2.35 bits per heavy atom. The van der Waals surface area contributed by atoms with E-state index in [1.54, 1.807) is 11.3 Å². The largest absolute Gasteiger partial charge is 0.469 e. The first-order valence-electron chi connectivity index (χ1n) is 7.38. The van der Waals surface area contributed by atoms with Gasteiger partial charge in [-0.3, -0.25) is 4.79 Å². The van der Waals surface area contributed by atoms with Gasteiger partial charge in [0.05, 0.1) is 19.2 Å². The molecule has 2 fully saturated rings. The van der Waals surface area contributed by atoms with Crippen LogP contribution in [-0.4, -0.2) is 31.7 Å². The fourth-order valence-electron chi connectivity index (χ4n) is 3.80. The molecule has 0 aliphatic heterocycles. The lowest BCUT2D eigenvalue weighted by atomic mass is 9.88. The first kappa shape index (κ1) is 13.9. The number of esters is 1. The van der Waals surface area contributed by atoms with Crippen LogP contribution in [0.25, 0.3) is 0 Å². The van der Waals surface area contributed by atoms with Crippen LogP contribution in [0.15, 0.2) is 5.38 Å². The molecule has 0 saturated heterocycles. The van der Waals surface area contributed by atoms with Crippen molar-refractivity contribution in [3.8, 4) is 0 Å². The Kier molecular flexibility index (Phi) is 3.96. The molecule has 1 aromatic heterocycles. The summed E-state index contributed by atoms with van der Waals surface area (Å²) in [6.45, 7) is 1.10. The Balaban J connectivity index is 1.57. The van der Waals surface area contributed by atoms with Crippen molar-refractivity contribution in [3.63, 3.8) is 0 Å². The van der Waals surface area contributed by atoms with E-state index in [0.717, 1.165) is 35.1 Å². The zero-order chi connectivity index (χ0) is 14.1. The fourth-order valence-corrected chi connectivity index (χ4v) is 4.60. The molecule has 0 spiro atoms. The molecule has 0 aromatic carbocycles. The first-order chi connectivity index (χ1) is 9.65. The van der Waals surface area contributed by atoms with Crippen LogP contribution in [0, 0.1) is 17.8 Å². The predicted octanol–water partition coefficient (Wildman–Crippen LogP) is 2.73. The molecule has 2 aliphatic rings. The van der Waals surface area contributed by atoms with E-state index in [0.29, 0.717) is 0 Å². The Labute approximate surface area is 124 Å². The van der Waals surface area contributed by atoms with Crippen molar-refractivity contribution in [2.75, 3.05) is 25.6 Å². The molecule has 0 amide bonds. The normalized spacial score (nSPS) is 27.8. The molecule has 20 heavy (non-hydrogen) atoms. The Bertz CT molecular complexity index is 488. The molecular formula is C15H22N2O2S. The number of aromatic nitrogens is 1. The highest BCUT2D eigenvalue weighted by Gasteiger charge is 2.39. The highest BCUT2D eigenvalue weighted by atomic mass is 32.1. The number of thiazole rings is 1. The Morgan fingerprint density at radius 3 is 3.00 bits per heavy atom. The van der Waals surface area contributed by atoms with Crippen molar-refractivity contribution >= 4 is 22.4 Å². The molecule has 1 aromatic rings. The van der Waals surface area contributed by atoms with E-state index in [1.165, 1.54) is 32.8 Å². The van der Waals surface area contributed by atoms with Gasteiger partial charge in [0, 0.05) is 19.0 Å². The zero-order valence-corrected chi connectivity index (χ0v) is 13.0. The number of hydrogen-bond donors (Lipinski definition) is 0. The van der Waals surface area contributed by atoms with Crippen LogP contribution < -0.4 is 4.90 Å². The van der Waals surface area contributed by atoms with Gasteiger partial charge in [-0.2, -0.15) is 0 Å². The van der Waals surface area contributed by atoms with Crippen molar-refractivity contribution in [3.05, 3.63) is 11.1 Å². The topological polar surface area (TPSA) is 42.4 Å². The minimum atomic E-state index is -0.224. The van der Waals surface area contributed by atoms with Crippen LogP contribution >= 0.6 is 11.3 Å². The highest BCUT2D eigenvalue weighted by molar-refractivity contribution is 7.13. The SMILES string of the molecule is COC(=O)Cc1csc(N(C)CC2CC3CCC2C3)n1. The van der Waals surface area contributed by atoms with E-state index >= 15 is 0 Å². The molecular weight excluding hydrogens is 272 g/mol. The second kappa shape index (κ2) is 5.72. The van der Waals surface area contributed by atoms with Gasteiger partial charge < -0.3 is 9.64 Å². The van der Waals surface area contributed by atoms with Gasteiger partial charge in [0.25, 0.3) is 0 Å². The number of methoxy groups -OCH3 is 1. The zero-order valence-electron chi connectivity index (χ0n) is 12.2. The molecule has 3 atom stereocenters. The Morgan fingerprint density at radius 1 is 1.50 bits per heavy atom. The van der Waals surface area contributed by atoms with Gasteiger partial charge in [-0.05, 0) is 37.0 Å². The Hall–Kier alpha value is -1.10. The number of fused-ring (bicyclic) bond motifs is 2. The molecule has 2 bridgehead atoms. The minimum Gasteiger partial charge on any atom is -0.469 e. The summed E-state index contributed by atoms with van der Waals surface area (Å²) in [6, 6.07) is 0. The van der Waals surface area contributed by atoms with Crippen LogP contribution in [0.4, 0.5) is 5.13 Å². The first-order valence-corrected chi connectivity index (χ1v) is 8.26. The number of carbonyl (C=O) groups is 1. The quantitative estimate of drug-likeness (QED) is 0.783. The van der Waals surface area contributed by atoms with Crippen molar-refractivity contribution in [2.24, 2.45) is 17.8 Å². The molecule has 2 aliphatic carbocycles. The standard InChI is InChI=1S/C15H22N2O2S/c1-17(8-12-6-10-3-4-11(12)5-10)15-16-13(9-20-15)7-14(18)19-2/h9-12H,3-8H2,1-2H3. The summed E-state index contributed by atoms with van der Waals surface area (Å²) in [4.78, 5) is 18.1. The average Bonchev–Trinajstić information content (AvgIpc) is 3.14. The van der Waals surface area contributed by atoms with Crippen LogP contribution in [0.5, 0.6) is 0 Å². The maximum atomic E-state index is 11.3. The smallest absolute Gasteiger partial charge is 0.311 e. The van der Waals surface area contributed by atoms with Gasteiger partial charge in [-0.15, -0.1) is 11.3 Å². The third kappa shape index (κ3) is 2.82.